The van der Waals surface area contributed by atoms with E-state index in [0.717, 1.165) is 37.2 Å². The third-order valence-electron chi connectivity index (χ3n) is 4.58. The molecular weight excluding hydrogens is 274 g/mol. The maximum atomic E-state index is 10.8. The number of benzene rings is 1. The van der Waals surface area contributed by atoms with Crippen molar-refractivity contribution in [1.82, 2.24) is 4.90 Å². The summed E-state index contributed by atoms with van der Waals surface area (Å²) in [4.78, 5) is 2.41. The Balaban J connectivity index is 2.33. The Hall–Kier alpha value is -1.06. The maximum Gasteiger partial charge on any atom is 0.123 e. The molecule has 3 nitrogen and oxygen atoms in total. The predicted molar refractivity (Wildman–Crippen MR) is 91.5 cm³/mol. The molecule has 2 rings (SSSR count). The molecule has 0 spiro atoms. The molecule has 1 aliphatic rings. The molecule has 0 bridgehead atoms. The van der Waals surface area contributed by atoms with Crippen LogP contribution in [0.15, 0.2) is 12.1 Å². The molecule has 1 aromatic rings. The summed E-state index contributed by atoms with van der Waals surface area (Å²) in [6, 6.07) is 4.71. The average molecular weight is 305 g/mol. The lowest BCUT2D eigenvalue weighted by atomic mass is 9.83. The van der Waals surface area contributed by atoms with Crippen LogP contribution in [0.5, 0.6) is 5.75 Å². The largest absolute Gasteiger partial charge is 0.507 e. The number of aryl methyl sites for hydroxylation is 1. The Morgan fingerprint density at radius 1 is 1.27 bits per heavy atom. The molecule has 1 saturated heterocycles. The Morgan fingerprint density at radius 3 is 2.55 bits per heavy atom. The van der Waals surface area contributed by atoms with E-state index in [1.54, 1.807) is 0 Å². The maximum absolute atomic E-state index is 10.8. The van der Waals surface area contributed by atoms with Gasteiger partial charge in [0.25, 0.3) is 0 Å². The van der Waals surface area contributed by atoms with Gasteiger partial charge in [-0.05, 0) is 36.8 Å². The molecule has 0 radical (unpaired) electrons. The van der Waals surface area contributed by atoms with Crippen LogP contribution in [0.3, 0.4) is 0 Å². The molecule has 22 heavy (non-hydrogen) atoms. The predicted octanol–water partition coefficient (Wildman–Crippen LogP) is 3.86. The van der Waals surface area contributed by atoms with Crippen LogP contribution in [0.1, 0.15) is 58.2 Å². The summed E-state index contributed by atoms with van der Waals surface area (Å²) in [5.74, 6) is 0.469. The summed E-state index contributed by atoms with van der Waals surface area (Å²) in [6.07, 6.45) is 1.25. The summed E-state index contributed by atoms with van der Waals surface area (Å²) in [6.45, 7) is 15.4. The summed E-state index contributed by atoms with van der Waals surface area (Å²) in [7, 11) is 0. The zero-order valence-electron chi connectivity index (χ0n) is 14.9. The zero-order valence-corrected chi connectivity index (χ0v) is 14.9. The molecule has 2 atom stereocenters. The first-order chi connectivity index (χ1) is 10.2. The van der Waals surface area contributed by atoms with Crippen LogP contribution in [0.2, 0.25) is 0 Å². The van der Waals surface area contributed by atoms with Gasteiger partial charge in [-0.15, -0.1) is 0 Å². The van der Waals surface area contributed by atoms with E-state index in [1.807, 2.05) is 0 Å². The van der Waals surface area contributed by atoms with Gasteiger partial charge in [-0.1, -0.05) is 39.8 Å². The van der Waals surface area contributed by atoms with Gasteiger partial charge >= 0.3 is 0 Å². The van der Waals surface area contributed by atoms with Gasteiger partial charge in [0.1, 0.15) is 5.75 Å². The topological polar surface area (TPSA) is 32.7 Å². The first kappa shape index (κ1) is 17.3. The fourth-order valence-corrected chi connectivity index (χ4v) is 3.07. The Labute approximate surface area is 135 Å². The third kappa shape index (κ3) is 3.82. The van der Waals surface area contributed by atoms with E-state index in [4.69, 9.17) is 4.74 Å². The number of aromatic hydroxyl groups is 1. The third-order valence-corrected chi connectivity index (χ3v) is 4.58. The molecular formula is C19H31NO2. The van der Waals surface area contributed by atoms with E-state index < -0.39 is 0 Å². The Kier molecular flexibility index (Phi) is 5.18. The minimum atomic E-state index is -0.0477. The van der Waals surface area contributed by atoms with E-state index in [0.29, 0.717) is 11.8 Å². The van der Waals surface area contributed by atoms with Crippen LogP contribution in [0.4, 0.5) is 0 Å². The SMILES string of the molecule is CCc1cc(CN2CC(C)OCC2C)c(O)c(C(C)(C)C)c1. The first-order valence-electron chi connectivity index (χ1n) is 8.43. The molecule has 1 N–H and O–H groups in total. The quantitative estimate of drug-likeness (QED) is 0.920. The van der Waals surface area contributed by atoms with Gasteiger partial charge in [0.2, 0.25) is 0 Å². The second-order valence-electron chi connectivity index (χ2n) is 7.68. The van der Waals surface area contributed by atoms with E-state index in [-0.39, 0.29) is 11.5 Å². The van der Waals surface area contributed by atoms with Gasteiger partial charge in [0.15, 0.2) is 0 Å². The van der Waals surface area contributed by atoms with Gasteiger partial charge < -0.3 is 9.84 Å². The molecule has 1 heterocycles. The molecule has 0 amide bonds. The molecule has 2 unspecified atom stereocenters. The van der Waals surface area contributed by atoms with Crippen molar-refractivity contribution in [3.63, 3.8) is 0 Å². The van der Waals surface area contributed by atoms with Crippen molar-refractivity contribution >= 4 is 0 Å². The van der Waals surface area contributed by atoms with Gasteiger partial charge in [-0.25, -0.2) is 0 Å². The number of morpholine rings is 1. The first-order valence-corrected chi connectivity index (χ1v) is 8.43. The number of rotatable bonds is 3. The van der Waals surface area contributed by atoms with Crippen molar-refractivity contribution < 1.29 is 9.84 Å². The smallest absolute Gasteiger partial charge is 0.123 e. The Morgan fingerprint density at radius 2 is 1.95 bits per heavy atom. The highest BCUT2D eigenvalue weighted by molar-refractivity contribution is 5.47. The lowest BCUT2D eigenvalue weighted by Crippen LogP contribution is -2.46. The average Bonchev–Trinajstić information content (AvgIpc) is 2.43. The van der Waals surface area contributed by atoms with Crippen molar-refractivity contribution in [2.24, 2.45) is 0 Å². The number of hydrogen-bond acceptors (Lipinski definition) is 3. The summed E-state index contributed by atoms with van der Waals surface area (Å²) in [5, 5.41) is 10.8. The number of hydrogen-bond donors (Lipinski definition) is 1. The molecule has 1 aromatic carbocycles. The molecule has 0 aromatic heterocycles. The monoisotopic (exact) mass is 305 g/mol. The van der Waals surface area contributed by atoms with Crippen LogP contribution in [-0.2, 0) is 23.1 Å². The van der Waals surface area contributed by atoms with Crippen molar-refractivity contribution in [3.05, 3.63) is 28.8 Å². The second kappa shape index (κ2) is 6.59. The highest BCUT2D eigenvalue weighted by Crippen LogP contribution is 2.35. The molecule has 124 valence electrons. The Bertz CT molecular complexity index is 519. The molecule has 1 aliphatic heterocycles. The van der Waals surface area contributed by atoms with E-state index in [2.05, 4.69) is 58.6 Å². The van der Waals surface area contributed by atoms with Crippen molar-refractivity contribution in [2.75, 3.05) is 13.2 Å². The minimum Gasteiger partial charge on any atom is -0.507 e. The van der Waals surface area contributed by atoms with Crippen LogP contribution >= 0.6 is 0 Å². The van der Waals surface area contributed by atoms with Crippen molar-refractivity contribution in [2.45, 2.75) is 72.1 Å². The van der Waals surface area contributed by atoms with E-state index in [9.17, 15) is 5.11 Å². The van der Waals surface area contributed by atoms with Crippen molar-refractivity contribution in [3.8, 4) is 5.75 Å². The molecule has 0 saturated carbocycles. The van der Waals surface area contributed by atoms with Crippen LogP contribution in [0.25, 0.3) is 0 Å². The van der Waals surface area contributed by atoms with E-state index >= 15 is 0 Å². The number of phenols is 1. The lowest BCUT2D eigenvalue weighted by Gasteiger charge is -2.37. The molecule has 1 fully saturated rings. The highest BCUT2D eigenvalue weighted by Gasteiger charge is 2.26. The number of phenolic OH excluding ortho intramolecular Hbond substituents is 1. The highest BCUT2D eigenvalue weighted by atomic mass is 16.5. The fourth-order valence-electron chi connectivity index (χ4n) is 3.07. The minimum absolute atomic E-state index is 0.0477. The number of ether oxygens (including phenoxy) is 1. The summed E-state index contributed by atoms with van der Waals surface area (Å²) >= 11 is 0. The normalized spacial score (nSPS) is 23.7. The van der Waals surface area contributed by atoms with Crippen molar-refractivity contribution in [1.29, 1.82) is 0 Å². The van der Waals surface area contributed by atoms with Gasteiger partial charge in [0.05, 0.1) is 12.7 Å². The lowest BCUT2D eigenvalue weighted by molar-refractivity contribution is -0.0528. The number of nitrogens with zero attached hydrogens (tertiary/aromatic N) is 1. The summed E-state index contributed by atoms with van der Waals surface area (Å²) < 4.78 is 5.71. The van der Waals surface area contributed by atoms with Gasteiger partial charge in [-0.3, -0.25) is 4.90 Å². The van der Waals surface area contributed by atoms with Crippen LogP contribution < -0.4 is 0 Å². The second-order valence-corrected chi connectivity index (χ2v) is 7.68. The van der Waals surface area contributed by atoms with E-state index in [1.165, 1.54) is 5.56 Å². The molecule has 0 aliphatic carbocycles. The molecule has 3 heteroatoms. The summed E-state index contributed by atoms with van der Waals surface area (Å²) in [5.41, 5.74) is 3.35. The fraction of sp³-hybridized carbons (Fsp3) is 0.684. The standard InChI is InChI=1S/C19H31NO2/c1-7-15-8-16(18(21)17(9-15)19(4,5)6)11-20-10-14(3)22-12-13(20)2/h8-9,13-14,21H,7,10-12H2,1-6H3. The van der Waals surface area contributed by atoms with Gasteiger partial charge in [-0.2, -0.15) is 0 Å². The van der Waals surface area contributed by atoms with Gasteiger partial charge in [0, 0.05) is 24.7 Å². The zero-order chi connectivity index (χ0) is 16.5. The van der Waals surface area contributed by atoms with Crippen LogP contribution in [0, 0.1) is 0 Å². The van der Waals surface area contributed by atoms with Crippen LogP contribution in [-0.4, -0.2) is 35.3 Å².